The number of nitrogens with zero attached hydrogens (tertiary/aromatic N) is 4. The van der Waals surface area contributed by atoms with Crippen LogP contribution in [0.4, 0.5) is 10.5 Å². The van der Waals surface area contributed by atoms with E-state index in [4.69, 9.17) is 11.6 Å². The standard InChI is InChI=1S/C13H14ClN5O/c14-10-2-1-3-11(8-10)16-13(20)18-6-4-12(9-18)19-7-5-15-17-19/h1-3,5,7-8,12H,4,6,9H2,(H,16,20)/t12-/m0/s1. The van der Waals surface area contributed by atoms with Crippen molar-refractivity contribution in [3.8, 4) is 0 Å². The number of nitrogens with one attached hydrogen (secondary N) is 1. The molecular formula is C13H14ClN5O. The zero-order valence-electron chi connectivity index (χ0n) is 10.7. The van der Waals surface area contributed by atoms with Crippen LogP contribution in [0, 0.1) is 0 Å². The van der Waals surface area contributed by atoms with Gasteiger partial charge in [-0.1, -0.05) is 22.9 Å². The highest BCUT2D eigenvalue weighted by atomic mass is 35.5. The zero-order chi connectivity index (χ0) is 13.9. The van der Waals surface area contributed by atoms with Crippen LogP contribution in [0.3, 0.4) is 0 Å². The smallest absolute Gasteiger partial charge is 0.321 e. The lowest BCUT2D eigenvalue weighted by molar-refractivity contribution is 0.220. The van der Waals surface area contributed by atoms with E-state index in [1.807, 2.05) is 12.3 Å². The molecule has 0 spiro atoms. The third-order valence-electron chi connectivity index (χ3n) is 3.34. The molecule has 0 radical (unpaired) electrons. The molecule has 20 heavy (non-hydrogen) atoms. The Hall–Kier alpha value is -2.08. The summed E-state index contributed by atoms with van der Waals surface area (Å²) in [6.07, 6.45) is 4.35. The number of urea groups is 1. The molecule has 7 heteroatoms. The summed E-state index contributed by atoms with van der Waals surface area (Å²) in [5.74, 6) is 0. The number of anilines is 1. The molecule has 1 aliphatic rings. The number of benzene rings is 1. The topological polar surface area (TPSA) is 63.1 Å². The number of carbonyl (C=O) groups is 1. The number of halogens is 1. The lowest BCUT2D eigenvalue weighted by atomic mass is 10.3. The number of hydrogen-bond acceptors (Lipinski definition) is 3. The van der Waals surface area contributed by atoms with E-state index in [9.17, 15) is 4.79 Å². The highest BCUT2D eigenvalue weighted by molar-refractivity contribution is 6.30. The lowest BCUT2D eigenvalue weighted by Crippen LogP contribution is -2.33. The number of rotatable bonds is 2. The second kappa shape index (κ2) is 5.50. The Kier molecular flexibility index (Phi) is 3.56. The molecule has 1 atom stereocenters. The van der Waals surface area contributed by atoms with Crippen molar-refractivity contribution in [3.63, 3.8) is 0 Å². The zero-order valence-corrected chi connectivity index (χ0v) is 11.5. The normalized spacial score (nSPS) is 18.2. The van der Waals surface area contributed by atoms with Crippen molar-refractivity contribution in [3.05, 3.63) is 41.7 Å². The summed E-state index contributed by atoms with van der Waals surface area (Å²) < 4.78 is 1.80. The quantitative estimate of drug-likeness (QED) is 0.924. The summed E-state index contributed by atoms with van der Waals surface area (Å²) in [6.45, 7) is 1.34. The number of aromatic nitrogens is 3. The fraction of sp³-hybridized carbons (Fsp3) is 0.308. The van der Waals surface area contributed by atoms with Gasteiger partial charge in [-0.3, -0.25) is 0 Å². The number of amides is 2. The Balaban J connectivity index is 1.61. The largest absolute Gasteiger partial charge is 0.322 e. The van der Waals surface area contributed by atoms with Crippen molar-refractivity contribution < 1.29 is 4.79 Å². The molecular weight excluding hydrogens is 278 g/mol. The molecule has 2 heterocycles. The first-order valence-electron chi connectivity index (χ1n) is 6.39. The second-order valence-electron chi connectivity index (χ2n) is 4.71. The van der Waals surface area contributed by atoms with Crippen molar-refractivity contribution in [2.45, 2.75) is 12.5 Å². The molecule has 3 rings (SSSR count). The summed E-state index contributed by atoms with van der Waals surface area (Å²) in [4.78, 5) is 13.9. The summed E-state index contributed by atoms with van der Waals surface area (Å²) in [7, 11) is 0. The number of carbonyl (C=O) groups excluding carboxylic acids is 1. The van der Waals surface area contributed by atoms with Crippen molar-refractivity contribution in [2.75, 3.05) is 18.4 Å². The fourth-order valence-electron chi connectivity index (χ4n) is 2.32. The van der Waals surface area contributed by atoms with Crippen LogP contribution in [0.1, 0.15) is 12.5 Å². The molecule has 0 unspecified atom stereocenters. The van der Waals surface area contributed by atoms with Gasteiger partial charge in [0, 0.05) is 30.0 Å². The molecule has 1 fully saturated rings. The fourth-order valence-corrected chi connectivity index (χ4v) is 2.51. The molecule has 0 saturated carbocycles. The molecule has 2 amide bonds. The molecule has 6 nitrogen and oxygen atoms in total. The van der Waals surface area contributed by atoms with Crippen LogP contribution >= 0.6 is 11.6 Å². The van der Waals surface area contributed by atoms with Crippen molar-refractivity contribution in [2.24, 2.45) is 0 Å². The van der Waals surface area contributed by atoms with E-state index < -0.39 is 0 Å². The predicted octanol–water partition coefficient (Wildman–Crippen LogP) is 2.41. The lowest BCUT2D eigenvalue weighted by Gasteiger charge is -2.17. The first kappa shape index (κ1) is 12.9. The Morgan fingerprint density at radius 2 is 2.35 bits per heavy atom. The number of likely N-dealkylation sites (tertiary alicyclic amines) is 1. The molecule has 1 aromatic heterocycles. The average Bonchev–Trinajstić information content (AvgIpc) is 3.10. The monoisotopic (exact) mass is 291 g/mol. The minimum atomic E-state index is -0.116. The molecule has 0 aliphatic carbocycles. The van der Waals surface area contributed by atoms with Gasteiger partial charge in [0.25, 0.3) is 0 Å². The van der Waals surface area contributed by atoms with E-state index in [2.05, 4.69) is 15.6 Å². The minimum Gasteiger partial charge on any atom is -0.322 e. The Morgan fingerprint density at radius 1 is 1.45 bits per heavy atom. The van der Waals surface area contributed by atoms with Gasteiger partial charge in [0.15, 0.2) is 0 Å². The van der Waals surface area contributed by atoms with Gasteiger partial charge in [-0.25, -0.2) is 9.48 Å². The predicted molar refractivity (Wildman–Crippen MR) is 75.7 cm³/mol. The highest BCUT2D eigenvalue weighted by Crippen LogP contribution is 2.22. The van der Waals surface area contributed by atoms with Crippen molar-refractivity contribution in [1.29, 1.82) is 0 Å². The van der Waals surface area contributed by atoms with Gasteiger partial charge in [-0.15, -0.1) is 5.10 Å². The molecule has 1 aromatic carbocycles. The average molecular weight is 292 g/mol. The van der Waals surface area contributed by atoms with Crippen LogP contribution in [-0.2, 0) is 0 Å². The molecule has 1 N–H and O–H groups in total. The van der Waals surface area contributed by atoms with E-state index >= 15 is 0 Å². The van der Waals surface area contributed by atoms with Crippen LogP contribution in [0.2, 0.25) is 5.02 Å². The maximum atomic E-state index is 12.2. The van der Waals surface area contributed by atoms with E-state index in [1.54, 1.807) is 34.0 Å². The van der Waals surface area contributed by atoms with E-state index in [0.29, 0.717) is 23.8 Å². The summed E-state index contributed by atoms with van der Waals surface area (Å²) >= 11 is 5.90. The molecule has 104 valence electrons. The molecule has 0 bridgehead atoms. The van der Waals surface area contributed by atoms with Crippen LogP contribution < -0.4 is 5.32 Å². The minimum absolute atomic E-state index is 0.116. The van der Waals surface area contributed by atoms with E-state index in [1.165, 1.54) is 0 Å². The first-order valence-corrected chi connectivity index (χ1v) is 6.77. The SMILES string of the molecule is O=C(Nc1cccc(Cl)c1)N1CC[C@H](n2ccnn2)C1. The third-order valence-corrected chi connectivity index (χ3v) is 3.58. The second-order valence-corrected chi connectivity index (χ2v) is 5.15. The first-order chi connectivity index (χ1) is 9.72. The van der Waals surface area contributed by atoms with Crippen LogP contribution in [0.15, 0.2) is 36.7 Å². The highest BCUT2D eigenvalue weighted by Gasteiger charge is 2.27. The van der Waals surface area contributed by atoms with Gasteiger partial charge in [0.1, 0.15) is 0 Å². The van der Waals surface area contributed by atoms with Gasteiger partial charge in [0.05, 0.1) is 12.2 Å². The molecule has 2 aromatic rings. The Labute approximate surface area is 121 Å². The van der Waals surface area contributed by atoms with E-state index in [-0.39, 0.29) is 12.1 Å². The third kappa shape index (κ3) is 2.75. The van der Waals surface area contributed by atoms with Gasteiger partial charge in [0.2, 0.25) is 0 Å². The van der Waals surface area contributed by atoms with E-state index in [0.717, 1.165) is 6.42 Å². The van der Waals surface area contributed by atoms with Gasteiger partial charge < -0.3 is 10.2 Å². The maximum absolute atomic E-state index is 12.2. The molecule has 1 saturated heterocycles. The van der Waals surface area contributed by atoms with Crippen molar-refractivity contribution >= 4 is 23.3 Å². The van der Waals surface area contributed by atoms with Gasteiger partial charge in [-0.2, -0.15) is 0 Å². The van der Waals surface area contributed by atoms with Gasteiger partial charge in [-0.05, 0) is 24.6 Å². The Morgan fingerprint density at radius 3 is 3.10 bits per heavy atom. The summed E-state index contributed by atoms with van der Waals surface area (Å²) in [6, 6.07) is 7.20. The Bertz CT molecular complexity index is 601. The van der Waals surface area contributed by atoms with Crippen LogP contribution in [0.5, 0.6) is 0 Å². The van der Waals surface area contributed by atoms with Crippen LogP contribution in [-0.4, -0.2) is 39.0 Å². The molecule has 1 aliphatic heterocycles. The summed E-state index contributed by atoms with van der Waals surface area (Å²) in [5, 5.41) is 11.2. The summed E-state index contributed by atoms with van der Waals surface area (Å²) in [5.41, 5.74) is 0.701. The number of hydrogen-bond donors (Lipinski definition) is 1. The maximum Gasteiger partial charge on any atom is 0.321 e. The van der Waals surface area contributed by atoms with Crippen LogP contribution in [0.25, 0.3) is 0 Å². The van der Waals surface area contributed by atoms with Gasteiger partial charge >= 0.3 is 6.03 Å². The van der Waals surface area contributed by atoms with Crippen molar-refractivity contribution in [1.82, 2.24) is 19.9 Å².